The topological polar surface area (TPSA) is 58.9 Å². The van der Waals surface area contributed by atoms with E-state index in [2.05, 4.69) is 15.9 Å². The van der Waals surface area contributed by atoms with Crippen LogP contribution in [0.2, 0.25) is 0 Å². The summed E-state index contributed by atoms with van der Waals surface area (Å²) in [7, 11) is 0. The van der Waals surface area contributed by atoms with Crippen LogP contribution >= 0.6 is 15.9 Å². The van der Waals surface area contributed by atoms with Crippen LogP contribution in [0.5, 0.6) is 0 Å². The Balaban J connectivity index is 2.26. The number of hydrogen-bond acceptors (Lipinski definition) is 4. The largest absolute Gasteiger partial charge is 0.368 e. The van der Waals surface area contributed by atoms with Gasteiger partial charge < -0.3 is 19.7 Å². The summed E-state index contributed by atoms with van der Waals surface area (Å²) in [6.45, 7) is 6.51. The summed E-state index contributed by atoms with van der Waals surface area (Å²) in [4.78, 5) is -0.0116. The Hall–Kier alpha value is 0.320. The van der Waals surface area contributed by atoms with Crippen molar-refractivity contribution in [2.75, 3.05) is 6.61 Å². The molecule has 0 spiro atoms. The van der Waals surface area contributed by atoms with Gasteiger partial charge in [0.15, 0.2) is 12.6 Å². The van der Waals surface area contributed by atoms with Crippen molar-refractivity contribution in [2.45, 2.75) is 82.8 Å². The first-order valence-electron chi connectivity index (χ1n) is 8.21. The number of ether oxygens (including phenoxy) is 2. The van der Waals surface area contributed by atoms with Crippen LogP contribution in [0.25, 0.3) is 0 Å². The van der Waals surface area contributed by atoms with Gasteiger partial charge in [0, 0.05) is 12.5 Å². The van der Waals surface area contributed by atoms with E-state index in [-0.39, 0.29) is 16.8 Å². The highest BCUT2D eigenvalue weighted by molar-refractivity contribution is 9.09. The maximum absolute atomic E-state index is 10.0. The molecule has 1 saturated carbocycles. The van der Waals surface area contributed by atoms with E-state index in [0.717, 1.165) is 38.5 Å². The molecule has 1 aliphatic carbocycles. The van der Waals surface area contributed by atoms with Crippen LogP contribution in [0.1, 0.15) is 59.3 Å². The predicted molar refractivity (Wildman–Crippen MR) is 87.3 cm³/mol. The van der Waals surface area contributed by atoms with Gasteiger partial charge in [0.25, 0.3) is 0 Å². The molecule has 1 fully saturated rings. The Morgan fingerprint density at radius 3 is 2.29 bits per heavy atom. The average molecular weight is 367 g/mol. The zero-order valence-electron chi connectivity index (χ0n) is 13.5. The lowest BCUT2D eigenvalue weighted by Gasteiger charge is -2.33. The number of hydrogen-bond donors (Lipinski definition) is 2. The predicted octanol–water partition coefficient (Wildman–Crippen LogP) is 3.43. The molecule has 3 unspecified atom stereocenters. The highest BCUT2D eigenvalue weighted by Crippen LogP contribution is 2.35. The number of halogens is 1. The summed E-state index contributed by atoms with van der Waals surface area (Å²) >= 11 is 3.54. The third kappa shape index (κ3) is 7.42. The van der Waals surface area contributed by atoms with Crippen LogP contribution < -0.4 is 0 Å². The van der Waals surface area contributed by atoms with Crippen molar-refractivity contribution < 1.29 is 19.7 Å². The van der Waals surface area contributed by atoms with Gasteiger partial charge in [-0.1, -0.05) is 22.9 Å². The minimum Gasteiger partial charge on any atom is -0.368 e. The first kappa shape index (κ1) is 19.4. The summed E-state index contributed by atoms with van der Waals surface area (Å²) < 4.78 is 10.8. The quantitative estimate of drug-likeness (QED) is 0.484. The van der Waals surface area contributed by atoms with Crippen LogP contribution in [0.4, 0.5) is 0 Å². The van der Waals surface area contributed by atoms with E-state index in [4.69, 9.17) is 9.47 Å². The minimum absolute atomic E-state index is 0.0116. The van der Waals surface area contributed by atoms with E-state index < -0.39 is 12.6 Å². The summed E-state index contributed by atoms with van der Waals surface area (Å²) in [6, 6.07) is 0. The van der Waals surface area contributed by atoms with Crippen molar-refractivity contribution >= 4 is 15.9 Å². The third-order valence-corrected chi connectivity index (χ3v) is 4.89. The molecule has 1 rings (SSSR count). The Morgan fingerprint density at radius 1 is 1.14 bits per heavy atom. The van der Waals surface area contributed by atoms with Gasteiger partial charge in [-0.05, 0) is 58.3 Å². The van der Waals surface area contributed by atoms with E-state index in [1.54, 1.807) is 0 Å². The lowest BCUT2D eigenvalue weighted by molar-refractivity contribution is -0.164. The second kappa shape index (κ2) is 10.2. The molecular formula is C16H31BrO4. The van der Waals surface area contributed by atoms with Crippen LogP contribution in [-0.4, -0.2) is 40.3 Å². The second-order valence-electron chi connectivity index (χ2n) is 6.37. The van der Waals surface area contributed by atoms with Gasteiger partial charge in [0.1, 0.15) is 0 Å². The summed E-state index contributed by atoms with van der Waals surface area (Å²) in [5.74, 6) is 0.829. The Morgan fingerprint density at radius 2 is 1.76 bits per heavy atom. The average Bonchev–Trinajstić information content (AvgIpc) is 2.44. The van der Waals surface area contributed by atoms with Gasteiger partial charge in [-0.15, -0.1) is 0 Å². The normalized spacial score (nSPS) is 27.6. The van der Waals surface area contributed by atoms with Crippen molar-refractivity contribution in [3.05, 3.63) is 0 Å². The molecule has 1 aliphatic rings. The van der Waals surface area contributed by atoms with E-state index in [1.807, 2.05) is 20.8 Å². The first-order valence-corrected chi connectivity index (χ1v) is 9.12. The molecular weight excluding hydrogens is 336 g/mol. The molecule has 126 valence electrons. The Kier molecular flexibility index (Phi) is 9.37. The first-order chi connectivity index (χ1) is 9.93. The molecule has 0 amide bonds. The van der Waals surface area contributed by atoms with Gasteiger partial charge in [-0.25, -0.2) is 0 Å². The number of alkyl halides is 1. The maximum Gasteiger partial charge on any atom is 0.167 e. The summed E-state index contributed by atoms with van der Waals surface area (Å²) in [6.07, 6.45) is 4.66. The maximum atomic E-state index is 10.0. The van der Waals surface area contributed by atoms with Gasteiger partial charge in [0.05, 0.1) is 10.9 Å². The molecule has 0 aromatic heterocycles. The third-order valence-electron chi connectivity index (χ3n) is 4.07. The number of rotatable bonds is 9. The van der Waals surface area contributed by atoms with Gasteiger partial charge >= 0.3 is 0 Å². The van der Waals surface area contributed by atoms with Crippen LogP contribution in [0, 0.1) is 11.8 Å². The van der Waals surface area contributed by atoms with Crippen molar-refractivity contribution in [1.82, 2.24) is 0 Å². The van der Waals surface area contributed by atoms with E-state index in [1.165, 1.54) is 0 Å². The van der Waals surface area contributed by atoms with E-state index in [0.29, 0.717) is 12.5 Å². The minimum atomic E-state index is -0.725. The number of aliphatic hydroxyl groups is 2. The lowest BCUT2D eigenvalue weighted by atomic mass is 9.79. The summed E-state index contributed by atoms with van der Waals surface area (Å²) in [5.41, 5.74) is 0. The molecule has 0 saturated heterocycles. The van der Waals surface area contributed by atoms with Crippen LogP contribution in [0.15, 0.2) is 0 Å². The zero-order valence-corrected chi connectivity index (χ0v) is 15.1. The molecule has 5 heteroatoms. The van der Waals surface area contributed by atoms with Crippen LogP contribution in [0.3, 0.4) is 0 Å². The van der Waals surface area contributed by atoms with Crippen molar-refractivity contribution in [2.24, 2.45) is 11.8 Å². The molecule has 2 N–H and O–H groups in total. The lowest BCUT2D eigenvalue weighted by Crippen LogP contribution is -2.32. The van der Waals surface area contributed by atoms with Crippen molar-refractivity contribution in [3.8, 4) is 0 Å². The van der Waals surface area contributed by atoms with Gasteiger partial charge in [-0.2, -0.15) is 0 Å². The second-order valence-corrected chi connectivity index (χ2v) is 7.55. The fraction of sp³-hybridized carbons (Fsp3) is 1.00. The summed E-state index contributed by atoms with van der Waals surface area (Å²) in [5, 5.41) is 19.9. The zero-order chi connectivity index (χ0) is 15.8. The number of aliphatic hydroxyl groups excluding tert-OH is 2. The smallest absolute Gasteiger partial charge is 0.167 e. The van der Waals surface area contributed by atoms with Gasteiger partial charge in [-0.3, -0.25) is 0 Å². The van der Waals surface area contributed by atoms with Crippen molar-refractivity contribution in [3.63, 3.8) is 0 Å². The SMILES string of the molecule is CCCOC(O)C(Br)CC1CCC(C(O)OC(C)C)CC1. The Labute approximate surface area is 137 Å². The standard InChI is InChI=1S/C16H31BrO4/c1-4-9-20-16(19)14(17)10-12-5-7-13(8-6-12)15(18)21-11(2)3/h11-16,18-19H,4-10H2,1-3H3. The highest BCUT2D eigenvalue weighted by atomic mass is 79.9. The fourth-order valence-electron chi connectivity index (χ4n) is 2.88. The van der Waals surface area contributed by atoms with E-state index in [9.17, 15) is 10.2 Å². The molecule has 0 aromatic rings. The molecule has 3 atom stereocenters. The molecule has 0 bridgehead atoms. The molecule has 0 radical (unpaired) electrons. The monoisotopic (exact) mass is 366 g/mol. The van der Waals surface area contributed by atoms with E-state index >= 15 is 0 Å². The van der Waals surface area contributed by atoms with Crippen molar-refractivity contribution in [1.29, 1.82) is 0 Å². The fourth-order valence-corrected chi connectivity index (χ4v) is 3.56. The molecule has 21 heavy (non-hydrogen) atoms. The molecule has 0 heterocycles. The molecule has 0 aliphatic heterocycles. The molecule has 0 aromatic carbocycles. The van der Waals surface area contributed by atoms with Crippen LogP contribution in [-0.2, 0) is 9.47 Å². The van der Waals surface area contributed by atoms with Gasteiger partial charge in [0.2, 0.25) is 0 Å². The Bertz CT molecular complexity index is 267. The molecule has 4 nitrogen and oxygen atoms in total. The highest BCUT2D eigenvalue weighted by Gasteiger charge is 2.29.